The lowest BCUT2D eigenvalue weighted by Gasteiger charge is -2.03. The van der Waals surface area contributed by atoms with Gasteiger partial charge in [0.15, 0.2) is 0 Å². The molecule has 1 aromatic carbocycles. The van der Waals surface area contributed by atoms with E-state index >= 15 is 0 Å². The van der Waals surface area contributed by atoms with E-state index in [2.05, 4.69) is 15.8 Å². The van der Waals surface area contributed by atoms with Crippen LogP contribution in [-0.4, -0.2) is 24.6 Å². The highest BCUT2D eigenvalue weighted by atomic mass is 16.2. The zero-order valence-corrected chi connectivity index (χ0v) is 8.93. The molecule has 0 aliphatic heterocycles. The van der Waals surface area contributed by atoms with E-state index in [9.17, 15) is 9.59 Å². The first-order valence-electron chi connectivity index (χ1n) is 4.84. The van der Waals surface area contributed by atoms with Crippen LogP contribution in [0.25, 0.3) is 0 Å². The van der Waals surface area contributed by atoms with Crippen LogP contribution in [0.1, 0.15) is 17.3 Å². The number of hydrazone groups is 1. The van der Waals surface area contributed by atoms with Gasteiger partial charge in [-0.25, -0.2) is 5.43 Å². The number of carbonyl (C=O) groups is 2. The lowest BCUT2D eigenvalue weighted by molar-refractivity contribution is -0.120. The molecule has 0 heterocycles. The molecule has 0 bridgehead atoms. The Morgan fingerprint density at radius 2 is 2.00 bits per heavy atom. The van der Waals surface area contributed by atoms with Crippen LogP contribution >= 0.6 is 0 Å². The number of nitrogens with one attached hydrogen (secondary N) is 2. The van der Waals surface area contributed by atoms with E-state index in [0.717, 1.165) is 0 Å². The van der Waals surface area contributed by atoms with Gasteiger partial charge in [-0.2, -0.15) is 5.10 Å². The van der Waals surface area contributed by atoms with E-state index in [0.29, 0.717) is 5.56 Å². The number of hydrogen-bond acceptors (Lipinski definition) is 3. The summed E-state index contributed by atoms with van der Waals surface area (Å²) in [6.45, 7) is 1.59. The van der Waals surface area contributed by atoms with Crippen molar-refractivity contribution < 1.29 is 9.59 Å². The maximum absolute atomic E-state index is 11.5. The number of carbonyl (C=O) groups excluding carboxylic acids is 2. The van der Waals surface area contributed by atoms with E-state index in [4.69, 9.17) is 0 Å². The minimum Gasteiger partial charge on any atom is -0.343 e. The average molecular weight is 219 g/mol. The lowest BCUT2D eigenvalue weighted by Crippen LogP contribution is -2.34. The summed E-state index contributed by atoms with van der Waals surface area (Å²) in [5.41, 5.74) is 2.78. The summed E-state index contributed by atoms with van der Waals surface area (Å²) >= 11 is 0. The molecule has 5 heteroatoms. The van der Waals surface area contributed by atoms with Crippen molar-refractivity contribution in [1.82, 2.24) is 10.7 Å². The summed E-state index contributed by atoms with van der Waals surface area (Å²) in [5.74, 6) is -0.640. The fourth-order valence-electron chi connectivity index (χ4n) is 1.03. The molecule has 0 aliphatic carbocycles. The Bertz CT molecular complexity index is 387. The van der Waals surface area contributed by atoms with E-state index in [1.165, 1.54) is 6.21 Å². The second kappa shape index (κ2) is 6.34. The molecule has 84 valence electrons. The van der Waals surface area contributed by atoms with Gasteiger partial charge in [0, 0.05) is 11.8 Å². The van der Waals surface area contributed by atoms with Crippen LogP contribution in [-0.2, 0) is 4.79 Å². The highest BCUT2D eigenvalue weighted by Crippen LogP contribution is 1.96. The van der Waals surface area contributed by atoms with Crippen molar-refractivity contribution >= 4 is 18.0 Å². The van der Waals surface area contributed by atoms with Crippen molar-refractivity contribution in [2.75, 3.05) is 6.54 Å². The van der Waals surface area contributed by atoms with Gasteiger partial charge in [0.05, 0.1) is 6.54 Å². The first-order valence-corrected chi connectivity index (χ1v) is 4.84. The molecule has 1 rings (SSSR count). The van der Waals surface area contributed by atoms with Crippen molar-refractivity contribution in [1.29, 1.82) is 0 Å². The third kappa shape index (κ3) is 3.91. The van der Waals surface area contributed by atoms with Crippen LogP contribution in [0.2, 0.25) is 0 Å². The number of benzene rings is 1. The topological polar surface area (TPSA) is 70.6 Å². The van der Waals surface area contributed by atoms with Gasteiger partial charge in [0.1, 0.15) is 0 Å². The van der Waals surface area contributed by atoms with E-state index in [1.54, 1.807) is 31.2 Å². The fraction of sp³-hybridized carbons (Fsp3) is 0.182. The molecule has 0 saturated carbocycles. The van der Waals surface area contributed by atoms with E-state index in [1.807, 2.05) is 6.07 Å². The Morgan fingerprint density at radius 3 is 2.62 bits per heavy atom. The van der Waals surface area contributed by atoms with Crippen LogP contribution in [0.15, 0.2) is 35.4 Å². The number of nitrogens with zero attached hydrogens (tertiary/aromatic N) is 1. The standard InChI is InChI=1S/C11H13N3O2/c1-2-13-14-10(15)8-12-11(16)9-6-4-3-5-7-9/h2-7H,8H2,1H3,(H,12,16)(H,14,15)/b13-2-. The molecule has 0 radical (unpaired) electrons. The molecule has 16 heavy (non-hydrogen) atoms. The van der Waals surface area contributed by atoms with Gasteiger partial charge >= 0.3 is 0 Å². The van der Waals surface area contributed by atoms with Crippen LogP contribution in [0, 0.1) is 0 Å². The van der Waals surface area contributed by atoms with Crippen LogP contribution < -0.4 is 10.7 Å². The SMILES string of the molecule is C/C=N\NC(=O)CNC(=O)c1ccccc1. The van der Waals surface area contributed by atoms with Crippen molar-refractivity contribution in [3.63, 3.8) is 0 Å². The molecule has 0 atom stereocenters. The quantitative estimate of drug-likeness (QED) is 0.573. The molecule has 0 aromatic heterocycles. The zero-order valence-electron chi connectivity index (χ0n) is 8.93. The molecular weight excluding hydrogens is 206 g/mol. The van der Waals surface area contributed by atoms with Crippen molar-refractivity contribution in [2.45, 2.75) is 6.92 Å². The van der Waals surface area contributed by atoms with Crippen LogP contribution in [0.4, 0.5) is 0 Å². The summed E-state index contributed by atoms with van der Waals surface area (Å²) in [6, 6.07) is 8.70. The highest BCUT2D eigenvalue weighted by Gasteiger charge is 2.06. The third-order valence-electron chi connectivity index (χ3n) is 1.76. The minimum atomic E-state index is -0.359. The molecule has 5 nitrogen and oxygen atoms in total. The molecule has 0 saturated heterocycles. The van der Waals surface area contributed by atoms with Crippen molar-refractivity contribution in [3.8, 4) is 0 Å². The van der Waals surface area contributed by atoms with Crippen LogP contribution in [0.5, 0.6) is 0 Å². The van der Waals surface area contributed by atoms with Gasteiger partial charge in [-0.1, -0.05) is 18.2 Å². The number of rotatable bonds is 4. The summed E-state index contributed by atoms with van der Waals surface area (Å²) in [7, 11) is 0. The summed E-state index contributed by atoms with van der Waals surface area (Å²) in [5, 5.41) is 6.03. The Balaban J connectivity index is 2.39. The van der Waals surface area contributed by atoms with E-state index in [-0.39, 0.29) is 18.4 Å². The molecule has 2 amide bonds. The molecule has 0 unspecified atom stereocenters. The Kier molecular flexibility index (Phi) is 4.72. The number of amides is 2. The summed E-state index contributed by atoms with van der Waals surface area (Å²) < 4.78 is 0. The zero-order chi connectivity index (χ0) is 11.8. The van der Waals surface area contributed by atoms with Gasteiger partial charge in [-0.05, 0) is 19.1 Å². The van der Waals surface area contributed by atoms with Gasteiger partial charge in [-0.15, -0.1) is 0 Å². The van der Waals surface area contributed by atoms with E-state index < -0.39 is 0 Å². The molecule has 2 N–H and O–H groups in total. The Morgan fingerprint density at radius 1 is 1.31 bits per heavy atom. The molecular formula is C11H13N3O2. The predicted molar refractivity (Wildman–Crippen MR) is 61.1 cm³/mol. The maximum atomic E-state index is 11.5. The first-order chi connectivity index (χ1) is 7.74. The number of hydrogen-bond donors (Lipinski definition) is 2. The highest BCUT2D eigenvalue weighted by molar-refractivity contribution is 5.96. The first kappa shape index (κ1) is 11.9. The fourth-order valence-corrected chi connectivity index (χ4v) is 1.03. The van der Waals surface area contributed by atoms with Crippen molar-refractivity contribution in [2.24, 2.45) is 5.10 Å². The largest absolute Gasteiger partial charge is 0.343 e. The monoisotopic (exact) mass is 219 g/mol. The summed E-state index contributed by atoms with van der Waals surface area (Å²) in [4.78, 5) is 22.6. The van der Waals surface area contributed by atoms with Crippen molar-refractivity contribution in [3.05, 3.63) is 35.9 Å². The maximum Gasteiger partial charge on any atom is 0.259 e. The van der Waals surface area contributed by atoms with Gasteiger partial charge < -0.3 is 5.32 Å². The molecule has 0 fully saturated rings. The molecule has 0 aliphatic rings. The smallest absolute Gasteiger partial charge is 0.259 e. The normalized spacial score (nSPS) is 10.1. The summed E-state index contributed by atoms with van der Waals surface area (Å²) in [6.07, 6.45) is 1.46. The molecule has 1 aromatic rings. The third-order valence-corrected chi connectivity index (χ3v) is 1.76. The van der Waals surface area contributed by atoms with Crippen LogP contribution in [0.3, 0.4) is 0 Å². The Hall–Kier alpha value is -2.17. The van der Waals surface area contributed by atoms with Gasteiger partial charge in [0.25, 0.3) is 11.8 Å². The van der Waals surface area contributed by atoms with Gasteiger partial charge in [0.2, 0.25) is 0 Å². The average Bonchev–Trinajstić information content (AvgIpc) is 2.34. The predicted octanol–water partition coefficient (Wildman–Crippen LogP) is 0.538. The van der Waals surface area contributed by atoms with Gasteiger partial charge in [-0.3, -0.25) is 9.59 Å². The Labute approximate surface area is 93.5 Å². The molecule has 0 spiro atoms. The lowest BCUT2D eigenvalue weighted by atomic mass is 10.2. The second-order valence-corrected chi connectivity index (χ2v) is 2.97. The minimum absolute atomic E-state index is 0.0922. The second-order valence-electron chi connectivity index (χ2n) is 2.97.